The summed E-state index contributed by atoms with van der Waals surface area (Å²) in [6.45, 7) is 6.89. The van der Waals surface area contributed by atoms with Gasteiger partial charge in [0.15, 0.2) is 0 Å². The van der Waals surface area contributed by atoms with Gasteiger partial charge < -0.3 is 4.43 Å². The van der Waals surface area contributed by atoms with Gasteiger partial charge in [0.05, 0.1) is 6.10 Å². The van der Waals surface area contributed by atoms with Gasteiger partial charge in [-0.25, -0.2) is 0 Å². The molecule has 1 unspecified atom stereocenters. The first-order valence-corrected chi connectivity index (χ1v) is 19.4. The van der Waals surface area contributed by atoms with Crippen molar-refractivity contribution in [2.75, 3.05) is 0 Å². The monoisotopic (exact) mass is 621 g/mol. The first kappa shape index (κ1) is 30.9. The van der Waals surface area contributed by atoms with Crippen LogP contribution < -0.4 is 26.3 Å². The molecule has 0 spiro atoms. The molecule has 0 aliphatic heterocycles. The van der Waals surface area contributed by atoms with Gasteiger partial charge in [-0.2, -0.15) is 0 Å². The van der Waals surface area contributed by atoms with E-state index in [1.54, 1.807) is 0 Å². The summed E-state index contributed by atoms with van der Waals surface area (Å²) >= 11 is 0. The predicted octanol–water partition coefficient (Wildman–Crippen LogP) is 7.82. The van der Waals surface area contributed by atoms with E-state index in [0.717, 1.165) is 6.16 Å². The molecule has 0 fully saturated rings. The Kier molecular flexibility index (Phi) is 9.57. The lowest BCUT2D eigenvalue weighted by atomic mass is 9.85. The Balaban J connectivity index is 1.39. The molecule has 1 nitrogen and oxygen atoms in total. The predicted molar refractivity (Wildman–Crippen MR) is 198 cm³/mol. The molecule has 0 aliphatic rings. The molecule has 45 heavy (non-hydrogen) atoms. The van der Waals surface area contributed by atoms with E-state index in [1.165, 1.54) is 37.4 Å². The molecule has 0 aliphatic carbocycles. The second-order valence-corrected chi connectivity index (χ2v) is 18.7. The van der Waals surface area contributed by atoms with Gasteiger partial charge in [0.2, 0.25) is 9.04 Å². The Morgan fingerprint density at radius 2 is 0.844 bits per heavy atom. The summed E-state index contributed by atoms with van der Waals surface area (Å²) in [6, 6.07) is 64.4. The summed E-state index contributed by atoms with van der Waals surface area (Å²) in [5.41, 5.74) is 2.50. The maximum Gasteiger partial charge on any atom is 0.240 e. The highest BCUT2D eigenvalue weighted by Crippen LogP contribution is 2.58. The van der Waals surface area contributed by atoms with Crippen molar-refractivity contribution < 1.29 is 4.43 Å². The van der Waals surface area contributed by atoms with E-state index >= 15 is 0 Å². The highest BCUT2D eigenvalue weighted by Gasteiger charge is 2.35. The lowest BCUT2D eigenvalue weighted by Crippen LogP contribution is -2.47. The molecule has 225 valence electrons. The fourth-order valence-electron chi connectivity index (χ4n) is 6.36. The minimum Gasteiger partial charge on any atom is -0.403 e. The van der Waals surface area contributed by atoms with Crippen LogP contribution in [0.2, 0.25) is 0 Å². The van der Waals surface area contributed by atoms with Gasteiger partial charge in [-0.3, -0.25) is 0 Å². The van der Waals surface area contributed by atoms with Crippen LogP contribution in [-0.2, 0) is 10.6 Å². The van der Waals surface area contributed by atoms with E-state index in [4.69, 9.17) is 4.43 Å². The minimum absolute atomic E-state index is 0.0412. The van der Waals surface area contributed by atoms with E-state index in [2.05, 4.69) is 197 Å². The summed E-state index contributed by atoms with van der Waals surface area (Å²) < 4.78 is 7.27. The molecular formula is C42H42OPSi. The first-order valence-electron chi connectivity index (χ1n) is 15.8. The van der Waals surface area contributed by atoms with Crippen LogP contribution >= 0.6 is 7.26 Å². The summed E-state index contributed by atoms with van der Waals surface area (Å²) in [6.07, 6.45) is 0.915. The van der Waals surface area contributed by atoms with E-state index in [-0.39, 0.29) is 11.5 Å². The molecule has 0 saturated heterocycles. The third-order valence-electron chi connectivity index (χ3n) is 8.56. The molecule has 0 heterocycles. The summed E-state index contributed by atoms with van der Waals surface area (Å²) in [7, 11) is -3.92. The largest absolute Gasteiger partial charge is 0.403 e. The lowest BCUT2D eigenvalue weighted by molar-refractivity contribution is 0.0897. The van der Waals surface area contributed by atoms with Gasteiger partial charge in [0.25, 0.3) is 0 Å². The van der Waals surface area contributed by atoms with Crippen molar-refractivity contribution in [3.05, 3.63) is 187 Å². The fourth-order valence-corrected chi connectivity index (χ4v) is 13.3. The third kappa shape index (κ3) is 6.95. The van der Waals surface area contributed by atoms with Crippen LogP contribution in [0.4, 0.5) is 0 Å². The quantitative estimate of drug-likeness (QED) is 0.112. The van der Waals surface area contributed by atoms with Gasteiger partial charge in [0.1, 0.15) is 0 Å². The topological polar surface area (TPSA) is 9.23 Å². The van der Waals surface area contributed by atoms with Gasteiger partial charge in [-0.15, -0.1) is 0 Å². The van der Waals surface area contributed by atoms with Crippen molar-refractivity contribution >= 4 is 42.6 Å². The Labute approximate surface area is 271 Å². The van der Waals surface area contributed by atoms with Crippen LogP contribution in [0.3, 0.4) is 0 Å². The molecule has 1 radical (unpaired) electrons. The number of hydrogen-bond donors (Lipinski definition) is 0. The van der Waals surface area contributed by atoms with Crippen LogP contribution in [0.1, 0.15) is 38.0 Å². The van der Waals surface area contributed by atoms with E-state index in [1.807, 2.05) is 0 Å². The molecule has 0 bridgehead atoms. The zero-order valence-electron chi connectivity index (χ0n) is 26.5. The van der Waals surface area contributed by atoms with Crippen LogP contribution in [0, 0.1) is 5.41 Å². The molecular weight excluding hydrogens is 580 g/mol. The van der Waals surface area contributed by atoms with Crippen molar-refractivity contribution in [1.29, 1.82) is 0 Å². The van der Waals surface area contributed by atoms with Crippen molar-refractivity contribution in [3.8, 4) is 0 Å². The molecule has 6 aromatic carbocycles. The Hall–Kier alpha value is -4.07. The Morgan fingerprint density at radius 1 is 0.489 bits per heavy atom. The average Bonchev–Trinajstić information content (AvgIpc) is 3.09. The summed E-state index contributed by atoms with van der Waals surface area (Å²) in [5, 5.41) is 6.82. The zero-order chi connectivity index (χ0) is 31.1. The van der Waals surface area contributed by atoms with Gasteiger partial charge in [-0.05, 0) is 50.1 Å². The average molecular weight is 622 g/mol. The fraction of sp³-hybridized carbons (Fsp3) is 0.143. The SMILES string of the molecule is CC(C)(C)C(O[SiH](c1ccccc1)c1ccccc1)c1ccc(C[P](c2ccccc2)(c2ccccc2)c2ccccc2)cc1. The highest BCUT2D eigenvalue weighted by atomic mass is 31.2. The molecule has 0 aromatic heterocycles. The van der Waals surface area contributed by atoms with Gasteiger partial charge in [-0.1, -0.05) is 197 Å². The smallest absolute Gasteiger partial charge is 0.240 e. The minimum atomic E-state index is -1.97. The van der Waals surface area contributed by atoms with Crippen LogP contribution in [-0.4, -0.2) is 9.04 Å². The van der Waals surface area contributed by atoms with Crippen LogP contribution in [0.25, 0.3) is 0 Å². The second kappa shape index (κ2) is 13.9. The van der Waals surface area contributed by atoms with Crippen LogP contribution in [0.15, 0.2) is 176 Å². The molecule has 6 aromatic rings. The maximum atomic E-state index is 7.27. The number of hydrogen-bond acceptors (Lipinski definition) is 1. The first-order chi connectivity index (χ1) is 21.9. The highest BCUT2D eigenvalue weighted by molar-refractivity contribution is 7.95. The maximum absolute atomic E-state index is 7.27. The van der Waals surface area contributed by atoms with E-state index in [9.17, 15) is 0 Å². The normalized spacial score (nSPS) is 12.6. The van der Waals surface area contributed by atoms with E-state index < -0.39 is 16.3 Å². The molecule has 3 heteroatoms. The Bertz CT molecular complexity index is 1620. The molecule has 0 N–H and O–H groups in total. The lowest BCUT2D eigenvalue weighted by Gasteiger charge is -2.39. The number of rotatable bonds is 10. The van der Waals surface area contributed by atoms with Crippen molar-refractivity contribution in [1.82, 2.24) is 0 Å². The van der Waals surface area contributed by atoms with Gasteiger partial charge in [0, 0.05) is 6.16 Å². The number of benzene rings is 6. The molecule has 1 atom stereocenters. The molecule has 0 saturated carbocycles. The van der Waals surface area contributed by atoms with E-state index in [0.29, 0.717) is 0 Å². The zero-order valence-corrected chi connectivity index (χ0v) is 28.5. The summed E-state index contributed by atoms with van der Waals surface area (Å²) in [4.78, 5) is 0. The standard InChI is InChI=1S/C42H42OPSi/c1-42(2,3)41(43-45(39-25-15-7-16-26-39)40-27-17-8-18-28-40)35-31-29-34(30-32-35)33-44(36-19-9-4-10-20-36,37-21-11-5-12-22-37)38-23-13-6-14-24-38/h4-32,41,45H,33H2,1-3H3. The Morgan fingerprint density at radius 3 is 1.20 bits per heavy atom. The van der Waals surface area contributed by atoms with Crippen molar-refractivity contribution in [2.24, 2.45) is 5.41 Å². The second-order valence-electron chi connectivity index (χ2n) is 12.8. The third-order valence-corrected chi connectivity index (χ3v) is 15.5. The summed E-state index contributed by atoms with van der Waals surface area (Å²) in [5.74, 6) is 0. The van der Waals surface area contributed by atoms with Crippen molar-refractivity contribution in [3.63, 3.8) is 0 Å². The van der Waals surface area contributed by atoms with Crippen molar-refractivity contribution in [2.45, 2.75) is 33.0 Å². The molecule has 6 rings (SSSR count). The molecule has 0 amide bonds. The van der Waals surface area contributed by atoms with Gasteiger partial charge >= 0.3 is 0 Å². The van der Waals surface area contributed by atoms with Crippen LogP contribution in [0.5, 0.6) is 0 Å².